The number of fused-ring (bicyclic) bond motifs is 1. The SMILES string of the molecule is Cn1c(=O)c2c(nc(Br)n2P(=O)(Oc2ccccc2)Oc2ccccc2)n(C)c1=O. The second-order valence-electron chi connectivity index (χ2n) is 6.35. The van der Waals surface area contributed by atoms with Crippen molar-refractivity contribution in [1.29, 1.82) is 0 Å². The molecule has 154 valence electrons. The lowest BCUT2D eigenvalue weighted by Gasteiger charge is -2.21. The van der Waals surface area contributed by atoms with E-state index < -0.39 is 19.0 Å². The quantitative estimate of drug-likeness (QED) is 0.314. The van der Waals surface area contributed by atoms with E-state index in [9.17, 15) is 14.2 Å². The van der Waals surface area contributed by atoms with Crippen LogP contribution >= 0.6 is 23.7 Å². The lowest BCUT2D eigenvalue weighted by molar-refractivity contribution is 0.375. The summed E-state index contributed by atoms with van der Waals surface area (Å²) in [4.78, 5) is 29.4. The Bertz CT molecular complexity index is 1350. The van der Waals surface area contributed by atoms with E-state index >= 15 is 0 Å². The number of benzene rings is 2. The fourth-order valence-corrected chi connectivity index (χ4v) is 5.48. The minimum Gasteiger partial charge on any atom is -0.400 e. The molecule has 0 aliphatic heterocycles. The zero-order valence-corrected chi connectivity index (χ0v) is 18.4. The summed E-state index contributed by atoms with van der Waals surface area (Å²) in [5, 5.41) is 0. The second kappa shape index (κ2) is 7.62. The molecule has 2 aromatic heterocycles. The van der Waals surface area contributed by atoms with Gasteiger partial charge in [-0.2, -0.15) is 4.34 Å². The first-order valence-electron chi connectivity index (χ1n) is 8.76. The van der Waals surface area contributed by atoms with Crippen molar-refractivity contribution in [1.82, 2.24) is 18.5 Å². The molecule has 0 aliphatic carbocycles. The molecule has 0 spiro atoms. The summed E-state index contributed by atoms with van der Waals surface area (Å²) in [6, 6.07) is 16.9. The van der Waals surface area contributed by atoms with E-state index in [4.69, 9.17) is 9.05 Å². The molecule has 0 radical (unpaired) electrons. The molecular formula is C19H16BrN4O5P. The summed E-state index contributed by atoms with van der Waals surface area (Å²) in [5.41, 5.74) is -1.29. The molecule has 0 fully saturated rings. The van der Waals surface area contributed by atoms with E-state index in [-0.39, 0.29) is 27.4 Å². The number of aryl methyl sites for hydroxylation is 1. The van der Waals surface area contributed by atoms with Crippen molar-refractivity contribution in [3.8, 4) is 11.5 Å². The third kappa shape index (κ3) is 3.38. The van der Waals surface area contributed by atoms with Crippen LogP contribution in [0.15, 0.2) is 75.0 Å². The molecule has 2 heterocycles. The summed E-state index contributed by atoms with van der Waals surface area (Å²) in [6.45, 7) is 0. The third-order valence-corrected chi connectivity index (χ3v) is 6.94. The normalized spacial score (nSPS) is 11.6. The maximum Gasteiger partial charge on any atom is 0.550 e. The zero-order valence-electron chi connectivity index (χ0n) is 15.9. The standard InChI is InChI=1S/C19H16BrN4O5P/c1-22-16-15(17(25)23(2)19(22)26)24(18(20)21-16)30(27,28-13-9-5-3-6-10-13)29-14-11-7-4-8-12-14/h3-12H,1-2H3. The van der Waals surface area contributed by atoms with Crippen molar-refractivity contribution in [3.05, 3.63) is 86.2 Å². The largest absolute Gasteiger partial charge is 0.550 e. The molecule has 11 heteroatoms. The van der Waals surface area contributed by atoms with Gasteiger partial charge in [-0.15, -0.1) is 0 Å². The number of aromatic nitrogens is 4. The number of hydrogen-bond acceptors (Lipinski definition) is 6. The lowest BCUT2D eigenvalue weighted by Crippen LogP contribution is -2.37. The molecule has 0 unspecified atom stereocenters. The first-order valence-corrected chi connectivity index (χ1v) is 11.0. The summed E-state index contributed by atoms with van der Waals surface area (Å²) in [7, 11) is -1.46. The maximum absolute atomic E-state index is 14.1. The highest BCUT2D eigenvalue weighted by Crippen LogP contribution is 2.52. The number of rotatable bonds is 5. The topological polar surface area (TPSA) is 97.3 Å². The summed E-state index contributed by atoms with van der Waals surface area (Å²) in [6.07, 6.45) is 0. The minimum absolute atomic E-state index is 0.0194. The molecule has 4 aromatic rings. The molecule has 0 aliphatic rings. The van der Waals surface area contributed by atoms with Crippen molar-refractivity contribution in [2.75, 3.05) is 0 Å². The highest BCUT2D eigenvalue weighted by Gasteiger charge is 2.38. The number of imidazole rings is 1. The Balaban J connectivity index is 2.01. The second-order valence-corrected chi connectivity index (χ2v) is 8.76. The Morgan fingerprint density at radius 3 is 1.87 bits per heavy atom. The first kappa shape index (κ1) is 20.2. The van der Waals surface area contributed by atoms with Crippen molar-refractivity contribution in [2.45, 2.75) is 0 Å². The molecule has 9 nitrogen and oxygen atoms in total. The Morgan fingerprint density at radius 2 is 1.37 bits per heavy atom. The van der Waals surface area contributed by atoms with Crippen molar-refractivity contribution in [3.63, 3.8) is 0 Å². The zero-order chi connectivity index (χ0) is 21.5. The van der Waals surface area contributed by atoms with Crippen molar-refractivity contribution >= 4 is 34.8 Å². The van der Waals surface area contributed by atoms with Crippen LogP contribution in [-0.4, -0.2) is 18.5 Å². The van der Waals surface area contributed by atoms with Crippen LogP contribution in [-0.2, 0) is 18.7 Å². The monoisotopic (exact) mass is 490 g/mol. The maximum atomic E-state index is 14.1. The van der Waals surface area contributed by atoms with Gasteiger partial charge in [0.25, 0.3) is 5.56 Å². The Kier molecular flexibility index (Phi) is 5.13. The lowest BCUT2D eigenvalue weighted by atomic mass is 10.3. The van der Waals surface area contributed by atoms with Gasteiger partial charge in [0.1, 0.15) is 11.5 Å². The van der Waals surface area contributed by atoms with Gasteiger partial charge in [0.05, 0.1) is 0 Å². The molecular weight excluding hydrogens is 475 g/mol. The first-order chi connectivity index (χ1) is 14.3. The van der Waals surface area contributed by atoms with Gasteiger partial charge >= 0.3 is 13.4 Å². The van der Waals surface area contributed by atoms with Crippen LogP contribution < -0.4 is 20.3 Å². The predicted octanol–water partition coefficient (Wildman–Crippen LogP) is 3.31. The summed E-state index contributed by atoms with van der Waals surface area (Å²) in [5.74, 6) is 0.541. The molecule has 30 heavy (non-hydrogen) atoms. The Hall–Kier alpha value is -3.10. The van der Waals surface area contributed by atoms with E-state index in [1.54, 1.807) is 60.7 Å². The molecule has 0 amide bonds. The van der Waals surface area contributed by atoms with Crippen LogP contribution in [0.3, 0.4) is 0 Å². The van der Waals surface area contributed by atoms with E-state index in [0.29, 0.717) is 0 Å². The molecule has 4 rings (SSSR count). The van der Waals surface area contributed by atoms with Gasteiger partial charge in [-0.05, 0) is 40.2 Å². The Labute approximate surface area is 178 Å². The molecule has 0 N–H and O–H groups in total. The van der Waals surface area contributed by atoms with Gasteiger partial charge in [-0.1, -0.05) is 36.4 Å². The summed E-state index contributed by atoms with van der Waals surface area (Å²) < 4.78 is 28.9. The Morgan fingerprint density at radius 1 is 0.867 bits per heavy atom. The van der Waals surface area contributed by atoms with Gasteiger partial charge in [0.15, 0.2) is 15.9 Å². The van der Waals surface area contributed by atoms with Crippen LogP contribution in [0.4, 0.5) is 0 Å². The molecule has 0 atom stereocenters. The minimum atomic E-state index is -4.25. The van der Waals surface area contributed by atoms with E-state index in [1.165, 1.54) is 18.7 Å². The van der Waals surface area contributed by atoms with Gasteiger partial charge in [-0.3, -0.25) is 13.9 Å². The van der Waals surface area contributed by atoms with E-state index in [2.05, 4.69) is 20.9 Å². The third-order valence-electron chi connectivity index (χ3n) is 4.37. The van der Waals surface area contributed by atoms with Crippen LogP contribution in [0.5, 0.6) is 11.5 Å². The number of para-hydroxylation sites is 2. The van der Waals surface area contributed by atoms with Gasteiger partial charge < -0.3 is 9.05 Å². The predicted molar refractivity (Wildman–Crippen MR) is 115 cm³/mol. The highest BCUT2D eigenvalue weighted by molar-refractivity contribution is 9.10. The smallest absolute Gasteiger partial charge is 0.400 e. The van der Waals surface area contributed by atoms with Crippen LogP contribution in [0.2, 0.25) is 0 Å². The number of halogens is 1. The average molecular weight is 491 g/mol. The van der Waals surface area contributed by atoms with Crippen molar-refractivity contribution in [2.24, 2.45) is 14.1 Å². The number of nitrogens with zero attached hydrogens (tertiary/aromatic N) is 4. The average Bonchev–Trinajstić information content (AvgIpc) is 3.10. The van der Waals surface area contributed by atoms with Crippen LogP contribution in [0.25, 0.3) is 11.2 Å². The van der Waals surface area contributed by atoms with Gasteiger partial charge in [0, 0.05) is 14.1 Å². The molecule has 0 bridgehead atoms. The van der Waals surface area contributed by atoms with Gasteiger partial charge in [0.2, 0.25) is 0 Å². The van der Waals surface area contributed by atoms with Crippen LogP contribution in [0, 0.1) is 0 Å². The van der Waals surface area contributed by atoms with Crippen molar-refractivity contribution < 1.29 is 13.6 Å². The van der Waals surface area contributed by atoms with E-state index in [1.807, 2.05) is 0 Å². The van der Waals surface area contributed by atoms with Gasteiger partial charge in [-0.25, -0.2) is 14.3 Å². The van der Waals surface area contributed by atoms with Crippen LogP contribution in [0.1, 0.15) is 0 Å². The molecule has 0 saturated heterocycles. The highest BCUT2D eigenvalue weighted by atomic mass is 79.9. The summed E-state index contributed by atoms with van der Waals surface area (Å²) >= 11 is 3.25. The fraction of sp³-hybridized carbons (Fsp3) is 0.105. The molecule has 2 aromatic carbocycles. The fourth-order valence-electron chi connectivity index (χ4n) is 2.91. The van der Waals surface area contributed by atoms with E-state index in [0.717, 1.165) is 8.90 Å². The molecule has 0 saturated carbocycles. The number of hydrogen-bond donors (Lipinski definition) is 0.